The van der Waals surface area contributed by atoms with Crippen molar-refractivity contribution in [3.05, 3.63) is 21.4 Å². The van der Waals surface area contributed by atoms with Crippen LogP contribution in [-0.2, 0) is 12.8 Å². The monoisotopic (exact) mass is 238 g/mol. The first-order valence-corrected chi connectivity index (χ1v) is 6.68. The summed E-state index contributed by atoms with van der Waals surface area (Å²) in [4.78, 5) is 13.5. The number of nitrogens with two attached hydrogens (primary N) is 1. The van der Waals surface area contributed by atoms with Crippen LogP contribution in [0, 0.1) is 5.92 Å². The molecule has 3 N–H and O–H groups in total. The highest BCUT2D eigenvalue weighted by atomic mass is 32.1. The summed E-state index contributed by atoms with van der Waals surface area (Å²) in [7, 11) is 0. The van der Waals surface area contributed by atoms with Crippen molar-refractivity contribution in [2.75, 3.05) is 0 Å². The molecular weight excluding hydrogens is 220 g/mol. The van der Waals surface area contributed by atoms with Crippen LogP contribution < -0.4 is 11.3 Å². The Bertz CT molecular complexity index is 386. The Morgan fingerprint density at radius 1 is 1.69 bits per heavy atom. The molecule has 2 rings (SSSR count). The zero-order valence-electron chi connectivity index (χ0n) is 9.58. The molecule has 1 amide bonds. The van der Waals surface area contributed by atoms with Crippen LogP contribution in [0.5, 0.6) is 0 Å². The van der Waals surface area contributed by atoms with Gasteiger partial charge in [0.05, 0.1) is 4.88 Å². The van der Waals surface area contributed by atoms with Crippen molar-refractivity contribution in [2.24, 2.45) is 11.8 Å². The van der Waals surface area contributed by atoms with Crippen LogP contribution in [0.15, 0.2) is 6.07 Å². The van der Waals surface area contributed by atoms with Gasteiger partial charge in [-0.1, -0.05) is 19.8 Å². The van der Waals surface area contributed by atoms with Crippen molar-refractivity contribution < 1.29 is 4.79 Å². The van der Waals surface area contributed by atoms with E-state index in [1.165, 1.54) is 29.7 Å². The number of thiophene rings is 1. The quantitative estimate of drug-likeness (QED) is 0.482. The fourth-order valence-corrected chi connectivity index (χ4v) is 3.55. The molecule has 0 spiro atoms. The van der Waals surface area contributed by atoms with Crippen LogP contribution in [0.4, 0.5) is 0 Å². The van der Waals surface area contributed by atoms with Gasteiger partial charge in [-0.3, -0.25) is 10.2 Å². The highest BCUT2D eigenvalue weighted by molar-refractivity contribution is 7.14. The van der Waals surface area contributed by atoms with E-state index in [0.717, 1.165) is 23.6 Å². The molecule has 1 aromatic rings. The summed E-state index contributed by atoms with van der Waals surface area (Å²) in [5.41, 5.74) is 3.57. The first-order chi connectivity index (χ1) is 7.74. The summed E-state index contributed by atoms with van der Waals surface area (Å²) in [6.45, 7) is 2.23. The van der Waals surface area contributed by atoms with Gasteiger partial charge in [-0.25, -0.2) is 5.84 Å². The van der Waals surface area contributed by atoms with Gasteiger partial charge in [0, 0.05) is 4.88 Å². The second-order valence-electron chi connectivity index (χ2n) is 4.43. The lowest BCUT2D eigenvalue weighted by molar-refractivity contribution is 0.0957. The Kier molecular flexibility index (Phi) is 3.61. The van der Waals surface area contributed by atoms with Crippen LogP contribution in [0.25, 0.3) is 0 Å². The number of hydrogen-bond acceptors (Lipinski definition) is 3. The fraction of sp³-hybridized carbons (Fsp3) is 0.583. The van der Waals surface area contributed by atoms with Crippen LogP contribution in [0.1, 0.15) is 46.3 Å². The highest BCUT2D eigenvalue weighted by Crippen LogP contribution is 2.33. The molecule has 0 saturated carbocycles. The Morgan fingerprint density at radius 2 is 2.50 bits per heavy atom. The van der Waals surface area contributed by atoms with Crippen molar-refractivity contribution in [1.29, 1.82) is 0 Å². The summed E-state index contributed by atoms with van der Waals surface area (Å²) < 4.78 is 0. The zero-order chi connectivity index (χ0) is 11.5. The van der Waals surface area contributed by atoms with Crippen molar-refractivity contribution in [1.82, 2.24) is 5.43 Å². The summed E-state index contributed by atoms with van der Waals surface area (Å²) in [6, 6.07) is 2.02. The predicted octanol–water partition coefficient (Wildman–Crippen LogP) is 2.26. The zero-order valence-corrected chi connectivity index (χ0v) is 10.4. The second kappa shape index (κ2) is 4.97. The molecule has 0 fully saturated rings. The third kappa shape index (κ3) is 2.28. The molecule has 1 unspecified atom stereocenters. The number of amides is 1. The first-order valence-electron chi connectivity index (χ1n) is 5.87. The molecule has 0 aliphatic heterocycles. The van der Waals surface area contributed by atoms with Gasteiger partial charge in [0.15, 0.2) is 0 Å². The molecule has 1 aliphatic rings. The van der Waals surface area contributed by atoms with Crippen molar-refractivity contribution in [3.63, 3.8) is 0 Å². The Morgan fingerprint density at radius 3 is 3.19 bits per heavy atom. The van der Waals surface area contributed by atoms with Gasteiger partial charge < -0.3 is 0 Å². The molecule has 0 saturated heterocycles. The van der Waals surface area contributed by atoms with Gasteiger partial charge in [0.2, 0.25) is 0 Å². The van der Waals surface area contributed by atoms with Crippen molar-refractivity contribution in [3.8, 4) is 0 Å². The SMILES string of the molecule is CCCC1CCc2sc(C(=O)NN)cc2C1. The molecule has 0 bridgehead atoms. The summed E-state index contributed by atoms with van der Waals surface area (Å²) in [6.07, 6.45) is 6.08. The van der Waals surface area contributed by atoms with Crippen LogP contribution in [0.3, 0.4) is 0 Å². The molecule has 88 valence electrons. The third-order valence-electron chi connectivity index (χ3n) is 3.24. The minimum Gasteiger partial charge on any atom is -0.289 e. The van der Waals surface area contributed by atoms with Gasteiger partial charge in [-0.2, -0.15) is 0 Å². The van der Waals surface area contributed by atoms with Gasteiger partial charge in [0.1, 0.15) is 0 Å². The molecule has 4 heteroatoms. The largest absolute Gasteiger partial charge is 0.289 e. The van der Waals surface area contributed by atoms with Gasteiger partial charge >= 0.3 is 0 Å². The molecule has 3 nitrogen and oxygen atoms in total. The summed E-state index contributed by atoms with van der Waals surface area (Å²) in [5.74, 6) is 5.79. The molecule has 1 atom stereocenters. The minimum atomic E-state index is -0.161. The number of carbonyl (C=O) groups is 1. The second-order valence-corrected chi connectivity index (χ2v) is 5.57. The van der Waals surface area contributed by atoms with E-state index in [1.807, 2.05) is 6.07 Å². The average Bonchev–Trinajstić information content (AvgIpc) is 2.71. The number of carbonyl (C=O) groups excluding carboxylic acids is 1. The summed E-state index contributed by atoms with van der Waals surface area (Å²) in [5, 5.41) is 0. The molecule has 16 heavy (non-hydrogen) atoms. The van der Waals surface area contributed by atoms with Gasteiger partial charge in [0.25, 0.3) is 5.91 Å². The lowest BCUT2D eigenvalue weighted by Gasteiger charge is -2.21. The van der Waals surface area contributed by atoms with Crippen LogP contribution in [-0.4, -0.2) is 5.91 Å². The van der Waals surface area contributed by atoms with Crippen molar-refractivity contribution >= 4 is 17.2 Å². The number of rotatable bonds is 3. The predicted molar refractivity (Wildman–Crippen MR) is 66.4 cm³/mol. The smallest absolute Gasteiger partial charge is 0.275 e. The number of hydrogen-bond donors (Lipinski definition) is 2. The lowest BCUT2D eigenvalue weighted by atomic mass is 9.85. The summed E-state index contributed by atoms with van der Waals surface area (Å²) >= 11 is 1.60. The third-order valence-corrected chi connectivity index (χ3v) is 4.47. The van der Waals surface area contributed by atoms with E-state index in [0.29, 0.717) is 0 Å². The number of nitrogen functional groups attached to an aromatic ring is 1. The van der Waals surface area contributed by atoms with E-state index in [1.54, 1.807) is 11.3 Å². The van der Waals surface area contributed by atoms with E-state index in [4.69, 9.17) is 5.84 Å². The van der Waals surface area contributed by atoms with Crippen LogP contribution in [0.2, 0.25) is 0 Å². The maximum atomic E-state index is 11.4. The number of aryl methyl sites for hydroxylation is 1. The Hall–Kier alpha value is -0.870. The lowest BCUT2D eigenvalue weighted by Crippen LogP contribution is -2.29. The molecule has 1 aliphatic carbocycles. The average molecular weight is 238 g/mol. The van der Waals surface area contributed by atoms with E-state index < -0.39 is 0 Å². The topological polar surface area (TPSA) is 55.1 Å². The normalized spacial score (nSPS) is 19.2. The number of fused-ring (bicyclic) bond motifs is 1. The maximum Gasteiger partial charge on any atom is 0.275 e. The molecule has 1 heterocycles. The maximum absolute atomic E-state index is 11.4. The molecule has 0 radical (unpaired) electrons. The standard InChI is InChI=1S/C12H18N2OS/c1-2-3-8-4-5-10-9(6-8)7-11(16-10)12(15)14-13/h7-8H,2-6,13H2,1H3,(H,14,15). The highest BCUT2D eigenvalue weighted by Gasteiger charge is 2.22. The van der Waals surface area contributed by atoms with Crippen molar-refractivity contribution in [2.45, 2.75) is 39.0 Å². The fourth-order valence-electron chi connectivity index (χ4n) is 2.44. The van der Waals surface area contributed by atoms with Gasteiger partial charge in [-0.15, -0.1) is 11.3 Å². The van der Waals surface area contributed by atoms with E-state index in [9.17, 15) is 4.79 Å². The number of hydrazine groups is 1. The molecular formula is C12H18N2OS. The number of nitrogens with one attached hydrogen (secondary N) is 1. The Labute approximate surface area is 100 Å². The minimum absolute atomic E-state index is 0.161. The molecule has 1 aromatic heterocycles. The van der Waals surface area contributed by atoms with E-state index in [2.05, 4.69) is 12.3 Å². The molecule has 0 aromatic carbocycles. The Balaban J connectivity index is 2.13. The van der Waals surface area contributed by atoms with E-state index >= 15 is 0 Å². The first kappa shape index (κ1) is 11.6. The van der Waals surface area contributed by atoms with E-state index in [-0.39, 0.29) is 5.91 Å². The van der Waals surface area contributed by atoms with Crippen LogP contribution >= 0.6 is 11.3 Å². The van der Waals surface area contributed by atoms with Gasteiger partial charge in [-0.05, 0) is 36.8 Å².